The molecule has 0 atom stereocenters. The zero-order chi connectivity index (χ0) is 18.6. The predicted octanol–water partition coefficient (Wildman–Crippen LogP) is 2.82. The van der Waals surface area contributed by atoms with Gasteiger partial charge in [0.25, 0.3) is 0 Å². The number of carboxylic acids is 2. The first-order valence-electron chi connectivity index (χ1n) is 7.29. The van der Waals surface area contributed by atoms with Crippen molar-refractivity contribution in [3.8, 4) is 11.4 Å². The van der Waals surface area contributed by atoms with Crippen LogP contribution in [0.15, 0.2) is 22.4 Å². The Morgan fingerprint density at radius 2 is 1.32 bits per heavy atom. The Balaban J connectivity index is 2.48. The third kappa shape index (κ3) is 5.43. The molecule has 7 nitrogen and oxygen atoms in total. The molecule has 1 heterocycles. The Labute approximate surface area is 153 Å². The molecule has 0 amide bonds. The minimum absolute atomic E-state index is 0.182. The summed E-state index contributed by atoms with van der Waals surface area (Å²) in [5.74, 6) is -1.90. The summed E-state index contributed by atoms with van der Waals surface area (Å²) in [4.78, 5) is 34.5. The minimum Gasteiger partial charge on any atom is -0.481 e. The predicted molar refractivity (Wildman–Crippen MR) is 96.2 cm³/mol. The van der Waals surface area contributed by atoms with Crippen LogP contribution in [-0.2, 0) is 9.59 Å². The minimum atomic E-state index is -0.977. The highest BCUT2D eigenvalue weighted by Crippen LogP contribution is 2.28. The van der Waals surface area contributed by atoms with E-state index in [2.05, 4.69) is 15.0 Å². The Hall–Kier alpha value is -2.13. The van der Waals surface area contributed by atoms with Gasteiger partial charge in [-0.05, 0) is 31.9 Å². The number of thioether (sulfide) groups is 2. The molecule has 0 fully saturated rings. The van der Waals surface area contributed by atoms with Crippen LogP contribution in [0.4, 0.5) is 0 Å². The fourth-order valence-corrected chi connectivity index (χ4v) is 3.53. The fraction of sp³-hybridized carbons (Fsp3) is 0.312. The zero-order valence-electron chi connectivity index (χ0n) is 13.9. The van der Waals surface area contributed by atoms with Crippen LogP contribution >= 0.6 is 23.5 Å². The number of carbonyl (C=O) groups is 2. The molecular formula is C16H17N3O4S2. The number of rotatable bonds is 7. The second-order valence-corrected chi connectivity index (χ2v) is 7.25. The normalized spacial score (nSPS) is 10.7. The molecular weight excluding hydrogens is 362 g/mol. The van der Waals surface area contributed by atoms with Crippen LogP contribution in [0.2, 0.25) is 0 Å². The molecule has 1 aromatic carbocycles. The van der Waals surface area contributed by atoms with Crippen LogP contribution in [0.3, 0.4) is 0 Å². The first-order valence-corrected chi connectivity index (χ1v) is 9.27. The lowest BCUT2D eigenvalue weighted by Gasteiger charge is -2.12. The third-order valence-electron chi connectivity index (χ3n) is 3.14. The second-order valence-electron chi connectivity index (χ2n) is 5.36. The fourth-order valence-electron chi connectivity index (χ4n) is 2.36. The van der Waals surface area contributed by atoms with Gasteiger partial charge in [-0.15, -0.1) is 0 Å². The summed E-state index contributed by atoms with van der Waals surface area (Å²) >= 11 is 1.96. The lowest BCUT2D eigenvalue weighted by molar-refractivity contribution is -0.134. The standard InChI is InChI=1S/C16H17N3O4S2/c1-8-4-9(2)13(10(3)5-8)14-17-15(24-6-11(20)21)19-16(18-14)25-7-12(22)23/h4-5H,6-7H2,1-3H3,(H,20,21)(H,22,23). The van der Waals surface area contributed by atoms with Gasteiger partial charge < -0.3 is 10.2 Å². The number of carboxylic acid groups (broad SMARTS) is 2. The van der Waals surface area contributed by atoms with E-state index in [4.69, 9.17) is 10.2 Å². The van der Waals surface area contributed by atoms with Crippen molar-refractivity contribution in [1.29, 1.82) is 0 Å². The molecule has 0 saturated heterocycles. The highest BCUT2D eigenvalue weighted by atomic mass is 32.2. The van der Waals surface area contributed by atoms with E-state index in [1.54, 1.807) is 0 Å². The summed E-state index contributed by atoms with van der Waals surface area (Å²) < 4.78 is 0. The van der Waals surface area contributed by atoms with E-state index in [-0.39, 0.29) is 21.8 Å². The van der Waals surface area contributed by atoms with Gasteiger partial charge in [-0.1, -0.05) is 41.2 Å². The number of aryl methyl sites for hydroxylation is 3. The van der Waals surface area contributed by atoms with Gasteiger partial charge in [0, 0.05) is 5.56 Å². The van der Waals surface area contributed by atoms with Crippen molar-refractivity contribution in [2.45, 2.75) is 31.1 Å². The Kier molecular flexibility index (Phi) is 6.38. The zero-order valence-corrected chi connectivity index (χ0v) is 15.6. The van der Waals surface area contributed by atoms with E-state index in [0.29, 0.717) is 5.82 Å². The number of aromatic nitrogens is 3. The monoisotopic (exact) mass is 379 g/mol. The lowest BCUT2D eigenvalue weighted by Crippen LogP contribution is -2.05. The number of aliphatic carboxylic acids is 2. The molecule has 2 rings (SSSR count). The SMILES string of the molecule is Cc1cc(C)c(-c2nc(SCC(=O)O)nc(SCC(=O)O)n2)c(C)c1. The van der Waals surface area contributed by atoms with Crippen LogP contribution in [0, 0.1) is 20.8 Å². The molecule has 1 aromatic heterocycles. The number of benzene rings is 1. The smallest absolute Gasteiger partial charge is 0.313 e. The molecule has 2 aromatic rings. The molecule has 0 radical (unpaired) electrons. The summed E-state index contributed by atoms with van der Waals surface area (Å²) in [6.07, 6.45) is 0. The Bertz CT molecular complexity index is 768. The van der Waals surface area contributed by atoms with Crippen LogP contribution in [-0.4, -0.2) is 48.6 Å². The Morgan fingerprint density at radius 1 is 0.880 bits per heavy atom. The van der Waals surface area contributed by atoms with E-state index in [0.717, 1.165) is 45.8 Å². The molecule has 0 aliphatic rings. The first kappa shape index (κ1) is 19.2. The van der Waals surface area contributed by atoms with Crippen LogP contribution in [0.5, 0.6) is 0 Å². The maximum absolute atomic E-state index is 10.8. The molecule has 9 heteroatoms. The topological polar surface area (TPSA) is 113 Å². The van der Waals surface area contributed by atoms with Crippen molar-refractivity contribution in [3.05, 3.63) is 28.8 Å². The van der Waals surface area contributed by atoms with Crippen molar-refractivity contribution >= 4 is 35.5 Å². The number of nitrogens with zero attached hydrogens (tertiary/aromatic N) is 3. The molecule has 0 saturated carbocycles. The molecule has 0 spiro atoms. The van der Waals surface area contributed by atoms with E-state index >= 15 is 0 Å². The highest BCUT2D eigenvalue weighted by Gasteiger charge is 2.15. The summed E-state index contributed by atoms with van der Waals surface area (Å²) in [5.41, 5.74) is 3.95. The van der Waals surface area contributed by atoms with Gasteiger partial charge in [-0.25, -0.2) is 9.97 Å². The van der Waals surface area contributed by atoms with E-state index < -0.39 is 11.9 Å². The lowest BCUT2D eigenvalue weighted by atomic mass is 9.99. The van der Waals surface area contributed by atoms with Crippen molar-refractivity contribution in [1.82, 2.24) is 15.0 Å². The molecule has 0 bridgehead atoms. The van der Waals surface area contributed by atoms with Crippen LogP contribution < -0.4 is 0 Å². The van der Waals surface area contributed by atoms with Crippen LogP contribution in [0.1, 0.15) is 16.7 Å². The molecule has 132 valence electrons. The molecule has 0 aliphatic heterocycles. The summed E-state index contributed by atoms with van der Waals surface area (Å²) in [5, 5.41) is 18.2. The first-order chi connectivity index (χ1) is 11.8. The summed E-state index contributed by atoms with van der Waals surface area (Å²) in [6, 6.07) is 4.03. The Morgan fingerprint density at radius 3 is 1.72 bits per heavy atom. The van der Waals surface area contributed by atoms with Gasteiger partial charge >= 0.3 is 11.9 Å². The third-order valence-corrected chi connectivity index (χ3v) is 4.81. The summed E-state index contributed by atoms with van der Waals surface area (Å²) in [7, 11) is 0. The highest BCUT2D eigenvalue weighted by molar-refractivity contribution is 8.00. The summed E-state index contributed by atoms with van der Waals surface area (Å²) in [6.45, 7) is 5.90. The molecule has 0 aliphatic carbocycles. The van der Waals surface area contributed by atoms with Gasteiger partial charge in [0.2, 0.25) is 0 Å². The van der Waals surface area contributed by atoms with Gasteiger partial charge in [0.05, 0.1) is 11.5 Å². The van der Waals surface area contributed by atoms with Crippen molar-refractivity contribution in [2.24, 2.45) is 0 Å². The largest absolute Gasteiger partial charge is 0.481 e. The molecule has 2 N–H and O–H groups in total. The molecule has 25 heavy (non-hydrogen) atoms. The van der Waals surface area contributed by atoms with Gasteiger partial charge in [0.15, 0.2) is 16.1 Å². The second kappa shape index (κ2) is 8.30. The van der Waals surface area contributed by atoms with E-state index in [1.807, 2.05) is 32.9 Å². The average molecular weight is 379 g/mol. The maximum Gasteiger partial charge on any atom is 0.313 e. The number of hydrogen-bond acceptors (Lipinski definition) is 7. The number of hydrogen-bond donors (Lipinski definition) is 2. The van der Waals surface area contributed by atoms with E-state index in [9.17, 15) is 9.59 Å². The van der Waals surface area contributed by atoms with Gasteiger partial charge in [-0.3, -0.25) is 9.59 Å². The maximum atomic E-state index is 10.8. The quantitative estimate of drug-likeness (QED) is 0.701. The van der Waals surface area contributed by atoms with Gasteiger partial charge in [-0.2, -0.15) is 4.98 Å². The average Bonchev–Trinajstić information content (AvgIpc) is 2.50. The van der Waals surface area contributed by atoms with Crippen molar-refractivity contribution < 1.29 is 19.8 Å². The van der Waals surface area contributed by atoms with Crippen molar-refractivity contribution in [2.75, 3.05) is 11.5 Å². The van der Waals surface area contributed by atoms with E-state index in [1.165, 1.54) is 0 Å². The van der Waals surface area contributed by atoms with Gasteiger partial charge in [0.1, 0.15) is 0 Å². The molecule has 0 unspecified atom stereocenters. The van der Waals surface area contributed by atoms with Crippen LogP contribution in [0.25, 0.3) is 11.4 Å². The van der Waals surface area contributed by atoms with Crippen molar-refractivity contribution in [3.63, 3.8) is 0 Å².